The molecule has 0 radical (unpaired) electrons. The third kappa shape index (κ3) is 4.53. The number of nitrogens with zero attached hydrogens (tertiary/aromatic N) is 3. The topological polar surface area (TPSA) is 126 Å². The first-order chi connectivity index (χ1) is 21.7. The first kappa shape index (κ1) is 28.2. The maximum atomic E-state index is 14.3. The Labute approximate surface area is 257 Å². The van der Waals surface area contributed by atoms with E-state index in [9.17, 15) is 23.2 Å². The Morgan fingerprint density at radius 3 is 2.58 bits per heavy atom. The van der Waals surface area contributed by atoms with E-state index >= 15 is 0 Å². The number of hydrogen-bond acceptors (Lipinski definition) is 7. The molecule has 1 saturated carbocycles. The van der Waals surface area contributed by atoms with Gasteiger partial charge in [0, 0.05) is 43.8 Å². The zero-order chi connectivity index (χ0) is 31.0. The summed E-state index contributed by atoms with van der Waals surface area (Å²) in [5.74, 6) is -1.46. The summed E-state index contributed by atoms with van der Waals surface area (Å²) < 4.78 is 34.1. The number of fused-ring (bicyclic) bond motifs is 3. The van der Waals surface area contributed by atoms with Crippen molar-refractivity contribution >= 4 is 29.4 Å². The van der Waals surface area contributed by atoms with Crippen molar-refractivity contribution in [3.05, 3.63) is 82.7 Å². The molecular formula is C33H32F2N6O4. The number of pyridine rings is 2. The number of amides is 3. The third-order valence-electron chi connectivity index (χ3n) is 10.5. The van der Waals surface area contributed by atoms with Crippen LogP contribution in [0.5, 0.6) is 0 Å². The van der Waals surface area contributed by atoms with Gasteiger partial charge in [0.15, 0.2) is 0 Å². The van der Waals surface area contributed by atoms with E-state index in [2.05, 4.69) is 25.9 Å². The van der Waals surface area contributed by atoms with E-state index < -0.39 is 34.5 Å². The maximum Gasteiger partial charge on any atom is 0.245 e. The van der Waals surface area contributed by atoms with Crippen LogP contribution in [-0.2, 0) is 37.4 Å². The second kappa shape index (κ2) is 10.1. The number of nitrogens with one attached hydrogen (secondary N) is 3. The number of carbonyl (C=O) groups excluding carboxylic acids is 3. The van der Waals surface area contributed by atoms with Crippen LogP contribution >= 0.6 is 0 Å². The molecule has 3 aliphatic heterocycles. The first-order valence-electron chi connectivity index (χ1n) is 15.3. The van der Waals surface area contributed by atoms with Crippen molar-refractivity contribution in [2.45, 2.75) is 55.5 Å². The van der Waals surface area contributed by atoms with Gasteiger partial charge in [-0.05, 0) is 84.9 Å². The van der Waals surface area contributed by atoms with Crippen molar-refractivity contribution in [3.8, 4) is 0 Å². The predicted molar refractivity (Wildman–Crippen MR) is 158 cm³/mol. The smallest absolute Gasteiger partial charge is 0.245 e. The van der Waals surface area contributed by atoms with Gasteiger partial charge in [-0.25, -0.2) is 18.7 Å². The van der Waals surface area contributed by atoms with Gasteiger partial charge in [0.05, 0.1) is 17.0 Å². The fraction of sp³-hybridized carbons (Fsp3) is 0.424. The van der Waals surface area contributed by atoms with Gasteiger partial charge >= 0.3 is 0 Å². The lowest BCUT2D eigenvalue weighted by atomic mass is 9.53. The molecule has 2 aliphatic carbocycles. The van der Waals surface area contributed by atoms with Gasteiger partial charge in [-0.1, -0.05) is 6.07 Å². The summed E-state index contributed by atoms with van der Waals surface area (Å²) in [7, 11) is 0. The summed E-state index contributed by atoms with van der Waals surface area (Å²) in [6.45, 7) is 1.26. The quantitative estimate of drug-likeness (QED) is 0.412. The van der Waals surface area contributed by atoms with Crippen LogP contribution in [0.2, 0.25) is 0 Å². The minimum absolute atomic E-state index is 0.0190. The highest BCUT2D eigenvalue weighted by Crippen LogP contribution is 2.56. The standard InChI is InChI=1S/C33H32F2N6O4/c34-22-8-19(9-23(35)11-22)25-15-38-33(17-31(18-33)3-6-45-7-4-31)30(44)41(25)16-27(42)39-26-10-20-12-32(13-21(20)14-37-26)24-2-1-5-36-28(24)40-29(32)43/h1-2,5,8-11,14,25,38H,3-4,6-7,12-13,15-18H2,(H,36,40,43)(H,37,39,42). The zero-order valence-electron chi connectivity index (χ0n) is 24.5. The Morgan fingerprint density at radius 2 is 1.80 bits per heavy atom. The van der Waals surface area contributed by atoms with E-state index in [4.69, 9.17) is 4.74 Å². The number of rotatable bonds is 4. The molecule has 3 N–H and O–H groups in total. The highest BCUT2D eigenvalue weighted by molar-refractivity contribution is 6.06. The van der Waals surface area contributed by atoms with Crippen LogP contribution < -0.4 is 16.0 Å². The SMILES string of the molecule is O=C(CN1C(=O)C2(CC3(CCOCC3)C2)NCC1c1cc(F)cc(F)c1)Nc1cc2c(cn1)CC1(C2)C(=O)Nc2ncccc21. The molecule has 2 aromatic heterocycles. The summed E-state index contributed by atoms with van der Waals surface area (Å²) in [6, 6.07) is 7.95. The van der Waals surface area contributed by atoms with E-state index in [0.717, 1.165) is 35.6 Å². The van der Waals surface area contributed by atoms with Crippen LogP contribution in [0.25, 0.3) is 0 Å². The molecule has 2 saturated heterocycles. The average molecular weight is 615 g/mol. The van der Waals surface area contributed by atoms with Crippen LogP contribution in [-0.4, -0.2) is 64.4 Å². The molecule has 8 rings (SSSR count). The van der Waals surface area contributed by atoms with Crippen LogP contribution in [0.15, 0.2) is 48.8 Å². The van der Waals surface area contributed by atoms with E-state index in [1.165, 1.54) is 17.0 Å². The summed E-state index contributed by atoms with van der Waals surface area (Å²) in [5.41, 5.74) is 1.37. The summed E-state index contributed by atoms with van der Waals surface area (Å²) in [5, 5.41) is 9.11. The highest BCUT2D eigenvalue weighted by atomic mass is 19.1. The van der Waals surface area contributed by atoms with Crippen molar-refractivity contribution in [1.29, 1.82) is 0 Å². The molecular weight excluding hydrogens is 582 g/mol. The fourth-order valence-electron chi connectivity index (χ4n) is 8.36. The van der Waals surface area contributed by atoms with E-state index in [0.29, 0.717) is 50.5 Å². The fourth-order valence-corrected chi connectivity index (χ4v) is 8.36. The van der Waals surface area contributed by atoms with Gasteiger partial charge < -0.3 is 25.6 Å². The van der Waals surface area contributed by atoms with Gasteiger partial charge in [-0.3, -0.25) is 14.4 Å². The largest absolute Gasteiger partial charge is 0.381 e. The molecule has 1 aromatic carbocycles. The second-order valence-corrected chi connectivity index (χ2v) is 13.3. The minimum atomic E-state index is -0.826. The molecule has 232 valence electrons. The number of carbonyl (C=O) groups is 3. The van der Waals surface area contributed by atoms with Crippen molar-refractivity contribution in [3.63, 3.8) is 0 Å². The number of ether oxygens (including phenoxy) is 1. The molecule has 0 bridgehead atoms. The summed E-state index contributed by atoms with van der Waals surface area (Å²) in [6.07, 6.45) is 7.24. The Hall–Kier alpha value is -4.29. The van der Waals surface area contributed by atoms with Gasteiger partial charge in [0.25, 0.3) is 0 Å². The molecule has 10 nitrogen and oxygen atoms in total. The molecule has 3 fully saturated rings. The number of halogens is 2. The Morgan fingerprint density at radius 1 is 1.04 bits per heavy atom. The van der Waals surface area contributed by atoms with Gasteiger partial charge in [-0.2, -0.15) is 0 Å². The van der Waals surface area contributed by atoms with Crippen molar-refractivity contribution < 1.29 is 27.9 Å². The van der Waals surface area contributed by atoms with E-state index in [-0.39, 0.29) is 35.9 Å². The Balaban J connectivity index is 1.03. The average Bonchev–Trinajstić information content (AvgIpc) is 3.51. The molecule has 2 unspecified atom stereocenters. The summed E-state index contributed by atoms with van der Waals surface area (Å²) >= 11 is 0. The monoisotopic (exact) mass is 614 g/mol. The number of piperazine rings is 1. The van der Waals surface area contributed by atoms with Gasteiger partial charge in [0.1, 0.15) is 29.8 Å². The van der Waals surface area contributed by atoms with E-state index in [1.54, 1.807) is 18.5 Å². The lowest BCUT2D eigenvalue weighted by Crippen LogP contribution is -2.73. The van der Waals surface area contributed by atoms with Crippen LogP contribution in [0.1, 0.15) is 54.0 Å². The van der Waals surface area contributed by atoms with Crippen LogP contribution in [0.4, 0.5) is 20.4 Å². The maximum absolute atomic E-state index is 14.3. The predicted octanol–water partition coefficient (Wildman–Crippen LogP) is 3.18. The molecule has 12 heteroatoms. The van der Waals surface area contributed by atoms with Crippen molar-refractivity contribution in [1.82, 2.24) is 20.2 Å². The number of hydrogen-bond donors (Lipinski definition) is 3. The third-order valence-corrected chi connectivity index (χ3v) is 10.5. The normalized spacial score (nSPS) is 25.6. The summed E-state index contributed by atoms with van der Waals surface area (Å²) in [4.78, 5) is 50.9. The molecule has 5 heterocycles. The highest BCUT2D eigenvalue weighted by Gasteiger charge is 2.62. The molecule has 3 spiro atoms. The molecule has 2 atom stereocenters. The number of aromatic nitrogens is 2. The lowest BCUT2D eigenvalue weighted by Gasteiger charge is -2.60. The van der Waals surface area contributed by atoms with Crippen molar-refractivity contribution in [2.75, 3.05) is 36.9 Å². The van der Waals surface area contributed by atoms with Gasteiger partial charge in [0.2, 0.25) is 17.7 Å². The Kier molecular flexibility index (Phi) is 6.34. The number of benzene rings is 1. The zero-order valence-corrected chi connectivity index (χ0v) is 24.5. The molecule has 3 amide bonds. The van der Waals surface area contributed by atoms with Crippen LogP contribution in [0, 0.1) is 17.0 Å². The first-order valence-corrected chi connectivity index (χ1v) is 15.3. The van der Waals surface area contributed by atoms with E-state index in [1.807, 2.05) is 12.1 Å². The Bertz CT molecular complexity index is 1730. The molecule has 3 aromatic rings. The molecule has 5 aliphatic rings. The molecule has 45 heavy (non-hydrogen) atoms. The van der Waals surface area contributed by atoms with Gasteiger partial charge in [-0.15, -0.1) is 0 Å². The second-order valence-electron chi connectivity index (χ2n) is 13.3. The minimum Gasteiger partial charge on any atom is -0.381 e. The number of anilines is 2. The van der Waals surface area contributed by atoms with Crippen LogP contribution in [0.3, 0.4) is 0 Å². The lowest BCUT2D eigenvalue weighted by molar-refractivity contribution is -0.166. The van der Waals surface area contributed by atoms with Crippen molar-refractivity contribution in [2.24, 2.45) is 5.41 Å².